The van der Waals surface area contributed by atoms with Crippen LogP contribution in [-0.4, -0.2) is 19.3 Å². The summed E-state index contributed by atoms with van der Waals surface area (Å²) in [6.45, 7) is 0.741. The molecule has 3 aromatic rings. The molecule has 0 fully saturated rings. The van der Waals surface area contributed by atoms with Crippen molar-refractivity contribution < 1.29 is 0 Å². The van der Waals surface area contributed by atoms with Crippen molar-refractivity contribution in [3.63, 3.8) is 0 Å². The smallest absolute Gasteiger partial charge is 0.124 e. The summed E-state index contributed by atoms with van der Waals surface area (Å²) in [5.74, 6) is 1.10. The zero-order valence-corrected chi connectivity index (χ0v) is 12.4. The van der Waals surface area contributed by atoms with Crippen LogP contribution < -0.4 is 0 Å². The standard InChI is InChI=1S/C15H14ClN5/c1-20-7-5-12(19-20)6-8-21-13-4-2-3-11(10-17)15(13)18-14(21)9-16/h2-5,7H,6,8-9H2,1H3. The Kier molecular flexibility index (Phi) is 3.63. The lowest BCUT2D eigenvalue weighted by Crippen LogP contribution is -2.05. The van der Waals surface area contributed by atoms with Crippen LogP contribution in [0.15, 0.2) is 30.5 Å². The monoisotopic (exact) mass is 299 g/mol. The number of benzene rings is 1. The molecule has 106 valence electrons. The number of alkyl halides is 1. The molecule has 0 amide bonds. The molecule has 0 N–H and O–H groups in total. The molecule has 0 saturated carbocycles. The number of aryl methyl sites for hydroxylation is 3. The van der Waals surface area contributed by atoms with Gasteiger partial charge in [-0.3, -0.25) is 4.68 Å². The van der Waals surface area contributed by atoms with E-state index in [-0.39, 0.29) is 0 Å². The van der Waals surface area contributed by atoms with E-state index < -0.39 is 0 Å². The Hall–Kier alpha value is -2.32. The second-order valence-corrected chi connectivity index (χ2v) is 5.10. The predicted molar refractivity (Wildman–Crippen MR) is 80.9 cm³/mol. The summed E-state index contributed by atoms with van der Waals surface area (Å²) in [5.41, 5.74) is 3.27. The van der Waals surface area contributed by atoms with Gasteiger partial charge in [-0.15, -0.1) is 11.6 Å². The van der Waals surface area contributed by atoms with E-state index in [0.717, 1.165) is 35.5 Å². The minimum Gasteiger partial charge on any atom is -0.327 e. The van der Waals surface area contributed by atoms with Gasteiger partial charge in [0, 0.05) is 26.2 Å². The molecule has 0 spiro atoms. The highest BCUT2D eigenvalue weighted by Crippen LogP contribution is 2.21. The highest BCUT2D eigenvalue weighted by atomic mass is 35.5. The molecule has 5 nitrogen and oxygen atoms in total. The molecule has 3 rings (SSSR count). The van der Waals surface area contributed by atoms with Gasteiger partial charge in [-0.05, 0) is 18.2 Å². The van der Waals surface area contributed by atoms with Crippen molar-refractivity contribution >= 4 is 22.6 Å². The van der Waals surface area contributed by atoms with Gasteiger partial charge in [0.1, 0.15) is 17.4 Å². The van der Waals surface area contributed by atoms with E-state index in [1.807, 2.05) is 31.4 Å². The van der Waals surface area contributed by atoms with Crippen LogP contribution >= 0.6 is 11.6 Å². The van der Waals surface area contributed by atoms with E-state index in [2.05, 4.69) is 20.7 Å². The average Bonchev–Trinajstić information content (AvgIpc) is 3.07. The first kappa shape index (κ1) is 13.7. The van der Waals surface area contributed by atoms with E-state index in [1.54, 1.807) is 10.7 Å². The molecular formula is C15H14ClN5. The van der Waals surface area contributed by atoms with Crippen molar-refractivity contribution in [2.45, 2.75) is 18.8 Å². The fraction of sp³-hybridized carbons (Fsp3) is 0.267. The number of aromatic nitrogens is 4. The zero-order valence-electron chi connectivity index (χ0n) is 11.6. The summed E-state index contributed by atoms with van der Waals surface area (Å²) in [6, 6.07) is 9.79. The lowest BCUT2D eigenvalue weighted by atomic mass is 10.2. The molecule has 2 aromatic heterocycles. The van der Waals surface area contributed by atoms with Gasteiger partial charge in [0.05, 0.1) is 22.7 Å². The van der Waals surface area contributed by atoms with Crippen LogP contribution in [0.3, 0.4) is 0 Å². The number of imidazole rings is 1. The van der Waals surface area contributed by atoms with Crippen LogP contribution in [0.4, 0.5) is 0 Å². The van der Waals surface area contributed by atoms with Crippen molar-refractivity contribution in [1.82, 2.24) is 19.3 Å². The number of nitrogens with zero attached hydrogens (tertiary/aromatic N) is 5. The third-order valence-corrected chi connectivity index (χ3v) is 3.70. The summed E-state index contributed by atoms with van der Waals surface area (Å²) in [4.78, 5) is 4.50. The van der Waals surface area contributed by atoms with Gasteiger partial charge < -0.3 is 4.57 Å². The third-order valence-electron chi connectivity index (χ3n) is 3.46. The van der Waals surface area contributed by atoms with Crippen LogP contribution in [0.5, 0.6) is 0 Å². The first-order valence-electron chi connectivity index (χ1n) is 6.65. The highest BCUT2D eigenvalue weighted by Gasteiger charge is 2.13. The van der Waals surface area contributed by atoms with Crippen LogP contribution in [-0.2, 0) is 25.9 Å². The van der Waals surface area contributed by atoms with E-state index in [9.17, 15) is 5.26 Å². The molecule has 0 aliphatic heterocycles. The summed E-state index contributed by atoms with van der Waals surface area (Å²) in [5, 5.41) is 13.6. The molecular weight excluding hydrogens is 286 g/mol. The summed E-state index contributed by atoms with van der Waals surface area (Å²) in [6.07, 6.45) is 2.73. The maximum Gasteiger partial charge on any atom is 0.124 e. The number of nitriles is 1. The maximum absolute atomic E-state index is 9.17. The van der Waals surface area contributed by atoms with E-state index in [1.165, 1.54) is 0 Å². The number of para-hydroxylation sites is 1. The molecule has 0 unspecified atom stereocenters. The third kappa shape index (κ3) is 2.50. The Morgan fingerprint density at radius 2 is 2.19 bits per heavy atom. The van der Waals surface area contributed by atoms with Crippen LogP contribution in [0.2, 0.25) is 0 Å². The van der Waals surface area contributed by atoms with Crippen molar-refractivity contribution in [1.29, 1.82) is 5.26 Å². The largest absolute Gasteiger partial charge is 0.327 e. The second-order valence-electron chi connectivity index (χ2n) is 4.83. The number of hydrogen-bond donors (Lipinski definition) is 0. The second kappa shape index (κ2) is 5.58. The number of fused-ring (bicyclic) bond motifs is 1. The van der Waals surface area contributed by atoms with Gasteiger partial charge in [-0.2, -0.15) is 10.4 Å². The summed E-state index contributed by atoms with van der Waals surface area (Å²) < 4.78 is 3.86. The lowest BCUT2D eigenvalue weighted by Gasteiger charge is -2.06. The number of halogens is 1. The molecule has 0 aliphatic carbocycles. The van der Waals surface area contributed by atoms with Gasteiger partial charge in [0.2, 0.25) is 0 Å². The normalized spacial score (nSPS) is 10.9. The van der Waals surface area contributed by atoms with E-state index in [0.29, 0.717) is 11.4 Å². The Balaban J connectivity index is 1.99. The highest BCUT2D eigenvalue weighted by molar-refractivity contribution is 6.16. The van der Waals surface area contributed by atoms with Crippen molar-refractivity contribution in [2.75, 3.05) is 0 Å². The molecule has 0 atom stereocenters. The Morgan fingerprint density at radius 1 is 1.33 bits per heavy atom. The minimum atomic E-state index is 0.321. The average molecular weight is 300 g/mol. The van der Waals surface area contributed by atoms with Gasteiger partial charge in [0.15, 0.2) is 0 Å². The quantitative estimate of drug-likeness (QED) is 0.696. The van der Waals surface area contributed by atoms with E-state index >= 15 is 0 Å². The van der Waals surface area contributed by atoms with Gasteiger partial charge in [0.25, 0.3) is 0 Å². The van der Waals surface area contributed by atoms with Gasteiger partial charge in [-0.25, -0.2) is 4.98 Å². The van der Waals surface area contributed by atoms with Crippen molar-refractivity contribution in [2.24, 2.45) is 7.05 Å². The lowest BCUT2D eigenvalue weighted by molar-refractivity contribution is 0.660. The van der Waals surface area contributed by atoms with Crippen LogP contribution in [0.25, 0.3) is 11.0 Å². The number of rotatable bonds is 4. The van der Waals surface area contributed by atoms with Crippen LogP contribution in [0, 0.1) is 11.3 Å². The van der Waals surface area contributed by atoms with Crippen LogP contribution in [0.1, 0.15) is 17.1 Å². The minimum absolute atomic E-state index is 0.321. The topological polar surface area (TPSA) is 59.4 Å². The first-order valence-corrected chi connectivity index (χ1v) is 7.19. The molecule has 0 aliphatic rings. The fourth-order valence-electron chi connectivity index (χ4n) is 2.46. The molecule has 2 heterocycles. The molecule has 1 aromatic carbocycles. The van der Waals surface area contributed by atoms with E-state index in [4.69, 9.17) is 11.6 Å². The summed E-state index contributed by atoms with van der Waals surface area (Å²) in [7, 11) is 1.90. The fourth-order valence-corrected chi connectivity index (χ4v) is 2.66. The summed E-state index contributed by atoms with van der Waals surface area (Å²) >= 11 is 6.00. The Bertz CT molecular complexity index is 824. The zero-order chi connectivity index (χ0) is 14.8. The molecule has 21 heavy (non-hydrogen) atoms. The maximum atomic E-state index is 9.17. The number of hydrogen-bond acceptors (Lipinski definition) is 3. The molecule has 6 heteroatoms. The van der Waals surface area contributed by atoms with Gasteiger partial charge >= 0.3 is 0 Å². The molecule has 0 bridgehead atoms. The molecule has 0 radical (unpaired) electrons. The van der Waals surface area contributed by atoms with Gasteiger partial charge in [-0.1, -0.05) is 6.07 Å². The Labute approximate surface area is 127 Å². The first-order chi connectivity index (χ1) is 10.2. The SMILES string of the molecule is Cn1ccc(CCn2c(CCl)nc3c(C#N)cccc32)n1. The van der Waals surface area contributed by atoms with Crippen molar-refractivity contribution in [3.05, 3.63) is 47.5 Å². The molecule has 0 saturated heterocycles. The van der Waals surface area contributed by atoms with Crippen molar-refractivity contribution in [3.8, 4) is 6.07 Å². The Morgan fingerprint density at radius 3 is 2.86 bits per heavy atom. The predicted octanol–water partition coefficient (Wildman–Crippen LogP) is 2.62.